The van der Waals surface area contributed by atoms with Crippen molar-refractivity contribution in [2.24, 2.45) is 7.05 Å². The van der Waals surface area contributed by atoms with Crippen LogP contribution >= 0.6 is 11.3 Å². The Kier molecular flexibility index (Phi) is 2.54. The van der Waals surface area contributed by atoms with Crippen molar-refractivity contribution in [1.82, 2.24) is 9.55 Å². The molecule has 0 aliphatic heterocycles. The fraction of sp³-hybridized carbons (Fsp3) is 0.300. The van der Waals surface area contributed by atoms with Gasteiger partial charge in [0.25, 0.3) is 0 Å². The van der Waals surface area contributed by atoms with Gasteiger partial charge in [0.1, 0.15) is 0 Å². The molecule has 3 nitrogen and oxygen atoms in total. The molecule has 0 amide bonds. The summed E-state index contributed by atoms with van der Waals surface area (Å²) in [6, 6.07) is 4.10. The average Bonchev–Trinajstić information content (AvgIpc) is 2.74. The van der Waals surface area contributed by atoms with Crippen LogP contribution in [0.4, 0.5) is 5.13 Å². The molecule has 4 heteroatoms. The van der Waals surface area contributed by atoms with Crippen molar-refractivity contribution in [2.75, 3.05) is 11.9 Å². The normalized spacial score (nSPS) is 10.4. The van der Waals surface area contributed by atoms with E-state index < -0.39 is 0 Å². The van der Waals surface area contributed by atoms with E-state index in [-0.39, 0.29) is 0 Å². The fourth-order valence-corrected chi connectivity index (χ4v) is 2.13. The molecule has 14 heavy (non-hydrogen) atoms. The minimum absolute atomic E-state index is 0.917. The number of anilines is 1. The number of hydrogen-bond acceptors (Lipinski definition) is 3. The van der Waals surface area contributed by atoms with Gasteiger partial charge in [0.15, 0.2) is 5.13 Å². The van der Waals surface area contributed by atoms with Crippen LogP contribution in [0, 0.1) is 0 Å². The fourth-order valence-electron chi connectivity index (χ4n) is 1.35. The van der Waals surface area contributed by atoms with Gasteiger partial charge >= 0.3 is 0 Å². The van der Waals surface area contributed by atoms with Crippen molar-refractivity contribution in [2.45, 2.75) is 6.92 Å². The van der Waals surface area contributed by atoms with Crippen LogP contribution in [-0.2, 0) is 7.05 Å². The van der Waals surface area contributed by atoms with Crippen molar-refractivity contribution in [1.29, 1.82) is 0 Å². The van der Waals surface area contributed by atoms with Gasteiger partial charge in [-0.25, -0.2) is 4.98 Å². The van der Waals surface area contributed by atoms with Gasteiger partial charge < -0.3 is 9.88 Å². The van der Waals surface area contributed by atoms with Gasteiger partial charge in [0, 0.05) is 25.2 Å². The Morgan fingerprint density at radius 1 is 1.57 bits per heavy atom. The highest BCUT2D eigenvalue weighted by Gasteiger charge is 2.05. The van der Waals surface area contributed by atoms with Gasteiger partial charge in [-0.05, 0) is 19.1 Å². The highest BCUT2D eigenvalue weighted by Crippen LogP contribution is 2.24. The molecule has 2 aromatic heterocycles. The molecule has 2 aromatic rings. The summed E-state index contributed by atoms with van der Waals surface area (Å²) in [5, 5.41) is 6.27. The first-order valence-electron chi connectivity index (χ1n) is 4.62. The molecule has 0 spiro atoms. The molecule has 0 aromatic carbocycles. The van der Waals surface area contributed by atoms with Gasteiger partial charge in [-0.1, -0.05) is 0 Å². The largest absolute Gasteiger partial charge is 0.362 e. The number of rotatable bonds is 3. The van der Waals surface area contributed by atoms with E-state index >= 15 is 0 Å². The Morgan fingerprint density at radius 3 is 3.07 bits per heavy atom. The van der Waals surface area contributed by atoms with Crippen LogP contribution in [0.3, 0.4) is 0 Å². The summed E-state index contributed by atoms with van der Waals surface area (Å²) in [4.78, 5) is 4.49. The van der Waals surface area contributed by atoms with Crippen LogP contribution in [0.5, 0.6) is 0 Å². The Hall–Kier alpha value is -1.29. The SMILES string of the molecule is CCNc1nc(-c2cccn2C)cs1. The molecule has 0 saturated carbocycles. The summed E-state index contributed by atoms with van der Waals surface area (Å²) in [7, 11) is 2.03. The van der Waals surface area contributed by atoms with Crippen molar-refractivity contribution in [3.63, 3.8) is 0 Å². The van der Waals surface area contributed by atoms with Gasteiger partial charge in [0.2, 0.25) is 0 Å². The van der Waals surface area contributed by atoms with Crippen molar-refractivity contribution in [3.05, 3.63) is 23.7 Å². The van der Waals surface area contributed by atoms with Crippen LogP contribution in [0.15, 0.2) is 23.7 Å². The molecule has 0 atom stereocenters. The third-order valence-electron chi connectivity index (χ3n) is 2.04. The first-order chi connectivity index (χ1) is 6.81. The highest BCUT2D eigenvalue weighted by molar-refractivity contribution is 7.14. The van der Waals surface area contributed by atoms with E-state index in [4.69, 9.17) is 0 Å². The molecule has 0 aliphatic rings. The number of aryl methyl sites for hydroxylation is 1. The van der Waals surface area contributed by atoms with Crippen molar-refractivity contribution < 1.29 is 0 Å². The molecule has 74 valence electrons. The Bertz CT molecular complexity index is 416. The molecule has 2 heterocycles. The second kappa shape index (κ2) is 3.84. The van der Waals surface area contributed by atoms with Gasteiger partial charge in [-0.3, -0.25) is 0 Å². The van der Waals surface area contributed by atoms with Gasteiger partial charge in [0.05, 0.1) is 11.4 Å². The monoisotopic (exact) mass is 207 g/mol. The summed E-state index contributed by atoms with van der Waals surface area (Å²) in [5.74, 6) is 0. The lowest BCUT2D eigenvalue weighted by molar-refractivity contribution is 0.932. The van der Waals surface area contributed by atoms with Crippen LogP contribution in [0.25, 0.3) is 11.4 Å². The molecule has 0 unspecified atom stereocenters. The Morgan fingerprint density at radius 2 is 2.43 bits per heavy atom. The number of nitrogens with one attached hydrogen (secondary N) is 1. The van der Waals surface area contributed by atoms with E-state index in [2.05, 4.69) is 33.2 Å². The van der Waals surface area contributed by atoms with E-state index in [1.165, 1.54) is 0 Å². The first-order valence-corrected chi connectivity index (χ1v) is 5.50. The predicted molar refractivity (Wildman–Crippen MR) is 60.7 cm³/mol. The van der Waals surface area contributed by atoms with Crippen molar-refractivity contribution in [3.8, 4) is 11.4 Å². The maximum absolute atomic E-state index is 4.49. The number of aromatic nitrogens is 2. The zero-order valence-electron chi connectivity index (χ0n) is 8.32. The van der Waals surface area contributed by atoms with Gasteiger partial charge in [-0.2, -0.15) is 0 Å². The lowest BCUT2D eigenvalue weighted by Crippen LogP contribution is -1.95. The number of nitrogens with zero attached hydrogens (tertiary/aromatic N) is 2. The lowest BCUT2D eigenvalue weighted by atomic mass is 10.3. The minimum atomic E-state index is 0.917. The van der Waals surface area contributed by atoms with Crippen LogP contribution in [-0.4, -0.2) is 16.1 Å². The first kappa shape index (κ1) is 9.27. The Balaban J connectivity index is 2.29. The maximum Gasteiger partial charge on any atom is 0.183 e. The summed E-state index contributed by atoms with van der Waals surface area (Å²) in [5.41, 5.74) is 2.20. The summed E-state index contributed by atoms with van der Waals surface area (Å²) in [6.07, 6.45) is 2.03. The van der Waals surface area contributed by atoms with Crippen molar-refractivity contribution >= 4 is 16.5 Å². The summed E-state index contributed by atoms with van der Waals surface area (Å²) >= 11 is 1.65. The zero-order chi connectivity index (χ0) is 9.97. The lowest BCUT2D eigenvalue weighted by Gasteiger charge is -1.98. The van der Waals surface area contributed by atoms with E-state index in [1.807, 2.05) is 19.3 Å². The topological polar surface area (TPSA) is 29.9 Å². The molecule has 1 N–H and O–H groups in total. The van der Waals surface area contributed by atoms with E-state index in [0.29, 0.717) is 0 Å². The maximum atomic E-state index is 4.49. The molecule has 0 bridgehead atoms. The molecular weight excluding hydrogens is 194 g/mol. The number of hydrogen-bond donors (Lipinski definition) is 1. The molecule has 0 fully saturated rings. The third-order valence-corrected chi connectivity index (χ3v) is 2.84. The predicted octanol–water partition coefficient (Wildman–Crippen LogP) is 2.58. The van der Waals surface area contributed by atoms with E-state index in [1.54, 1.807) is 11.3 Å². The summed E-state index contributed by atoms with van der Waals surface area (Å²) in [6.45, 7) is 2.99. The third kappa shape index (κ3) is 1.65. The second-order valence-corrected chi connectivity index (χ2v) is 3.93. The van der Waals surface area contributed by atoms with Gasteiger partial charge in [-0.15, -0.1) is 11.3 Å². The van der Waals surface area contributed by atoms with E-state index in [0.717, 1.165) is 23.1 Å². The zero-order valence-corrected chi connectivity index (χ0v) is 9.14. The summed E-state index contributed by atoms with van der Waals surface area (Å²) < 4.78 is 2.07. The Labute approximate surface area is 87.4 Å². The molecule has 0 saturated heterocycles. The van der Waals surface area contributed by atoms with E-state index in [9.17, 15) is 0 Å². The molecule has 0 radical (unpaired) electrons. The molecule has 2 rings (SSSR count). The minimum Gasteiger partial charge on any atom is -0.362 e. The standard InChI is InChI=1S/C10H13N3S/c1-3-11-10-12-8(7-14-10)9-5-4-6-13(9)2/h4-7H,3H2,1-2H3,(H,11,12). The van der Waals surface area contributed by atoms with Crippen LogP contribution < -0.4 is 5.32 Å². The smallest absolute Gasteiger partial charge is 0.183 e. The average molecular weight is 207 g/mol. The quantitative estimate of drug-likeness (QED) is 0.838. The number of thiazole rings is 1. The van der Waals surface area contributed by atoms with Crippen LogP contribution in [0.1, 0.15) is 6.92 Å². The second-order valence-electron chi connectivity index (χ2n) is 3.07. The highest BCUT2D eigenvalue weighted by atomic mass is 32.1. The molecule has 0 aliphatic carbocycles. The molecular formula is C10H13N3S. The van der Waals surface area contributed by atoms with Crippen LogP contribution in [0.2, 0.25) is 0 Å².